The van der Waals surface area contributed by atoms with Crippen LogP contribution in [0.15, 0.2) is 46.2 Å². The molecule has 2 aromatic carbocycles. The van der Waals surface area contributed by atoms with Crippen LogP contribution >= 0.6 is 11.8 Å². The van der Waals surface area contributed by atoms with Gasteiger partial charge in [-0.05, 0) is 35.9 Å². The number of benzene rings is 2. The fourth-order valence-corrected chi connectivity index (χ4v) is 2.82. The summed E-state index contributed by atoms with van der Waals surface area (Å²) in [5.41, 5.74) is 6.28. The number of fused-ring (bicyclic) bond motifs is 1. The van der Waals surface area contributed by atoms with Crippen LogP contribution in [0.3, 0.4) is 0 Å². The first-order chi connectivity index (χ1) is 9.76. The molecule has 0 radical (unpaired) electrons. The molecule has 104 valence electrons. The lowest BCUT2D eigenvalue weighted by Crippen LogP contribution is -2.15. The Kier molecular flexibility index (Phi) is 3.80. The van der Waals surface area contributed by atoms with E-state index in [0.717, 1.165) is 16.2 Å². The van der Waals surface area contributed by atoms with Crippen molar-refractivity contribution in [2.24, 2.45) is 5.73 Å². The average Bonchev–Trinajstić information content (AvgIpc) is 2.49. The van der Waals surface area contributed by atoms with Crippen molar-refractivity contribution >= 4 is 11.8 Å². The predicted octanol–water partition coefficient (Wildman–Crippen LogP) is 3.21. The van der Waals surface area contributed by atoms with E-state index >= 15 is 0 Å². The van der Waals surface area contributed by atoms with Gasteiger partial charge < -0.3 is 15.2 Å². The van der Waals surface area contributed by atoms with Crippen LogP contribution in [-0.4, -0.2) is 13.2 Å². The molecule has 0 unspecified atom stereocenters. The molecule has 1 aliphatic heterocycles. The van der Waals surface area contributed by atoms with Crippen molar-refractivity contribution in [3.8, 4) is 11.5 Å². The summed E-state index contributed by atoms with van der Waals surface area (Å²) >= 11 is 1.35. The van der Waals surface area contributed by atoms with Crippen molar-refractivity contribution in [2.75, 3.05) is 13.2 Å². The fraction of sp³-hybridized carbons (Fsp3) is 0.200. The van der Waals surface area contributed by atoms with Gasteiger partial charge in [0, 0.05) is 16.3 Å². The number of hydrogen-bond acceptors (Lipinski definition) is 4. The second kappa shape index (κ2) is 5.73. The summed E-state index contributed by atoms with van der Waals surface area (Å²) in [4.78, 5) is 1.48. The second-order valence-corrected chi connectivity index (χ2v) is 5.49. The summed E-state index contributed by atoms with van der Waals surface area (Å²) in [5, 5.41) is 0. The molecule has 3 nitrogen and oxygen atoms in total. The van der Waals surface area contributed by atoms with Gasteiger partial charge in [0.05, 0.1) is 0 Å². The maximum absolute atomic E-state index is 13.9. The fourth-order valence-electron chi connectivity index (χ4n) is 1.97. The van der Waals surface area contributed by atoms with Crippen LogP contribution in [0.5, 0.6) is 11.5 Å². The third-order valence-electron chi connectivity index (χ3n) is 2.97. The Hall–Kier alpha value is -1.72. The zero-order chi connectivity index (χ0) is 13.9. The van der Waals surface area contributed by atoms with Gasteiger partial charge in [0.25, 0.3) is 0 Å². The topological polar surface area (TPSA) is 44.5 Å². The zero-order valence-electron chi connectivity index (χ0n) is 10.8. The summed E-state index contributed by atoms with van der Waals surface area (Å²) < 4.78 is 24.9. The third-order valence-corrected chi connectivity index (χ3v) is 4.01. The molecule has 0 spiro atoms. The van der Waals surface area contributed by atoms with Crippen LogP contribution in [0, 0.1) is 5.82 Å². The molecule has 5 heteroatoms. The molecule has 2 N–H and O–H groups in total. The average molecular weight is 291 g/mol. The van der Waals surface area contributed by atoms with Gasteiger partial charge >= 0.3 is 0 Å². The van der Waals surface area contributed by atoms with Crippen molar-refractivity contribution in [1.82, 2.24) is 0 Å². The van der Waals surface area contributed by atoms with E-state index in [1.54, 1.807) is 6.07 Å². The maximum Gasteiger partial charge on any atom is 0.162 e. The van der Waals surface area contributed by atoms with Crippen LogP contribution < -0.4 is 15.2 Å². The molecule has 0 bridgehead atoms. The van der Waals surface area contributed by atoms with Gasteiger partial charge in [-0.3, -0.25) is 0 Å². The molecule has 0 aliphatic carbocycles. The quantitative estimate of drug-likeness (QED) is 0.943. The molecule has 0 amide bonds. The van der Waals surface area contributed by atoms with Crippen molar-refractivity contribution in [3.63, 3.8) is 0 Å². The SMILES string of the molecule is NCc1ccc(Sc2ccc3c(c2)OCCO3)c(F)c1. The van der Waals surface area contributed by atoms with Crippen molar-refractivity contribution in [1.29, 1.82) is 0 Å². The van der Waals surface area contributed by atoms with E-state index in [1.165, 1.54) is 17.8 Å². The normalized spacial score (nSPS) is 13.3. The summed E-state index contributed by atoms with van der Waals surface area (Å²) in [6.07, 6.45) is 0. The van der Waals surface area contributed by atoms with Gasteiger partial charge in [0.1, 0.15) is 19.0 Å². The van der Waals surface area contributed by atoms with E-state index in [4.69, 9.17) is 15.2 Å². The predicted molar refractivity (Wildman–Crippen MR) is 75.8 cm³/mol. The first-order valence-corrected chi connectivity index (χ1v) is 7.14. The van der Waals surface area contributed by atoms with Crippen molar-refractivity contribution < 1.29 is 13.9 Å². The molecule has 0 fully saturated rings. The highest BCUT2D eigenvalue weighted by Crippen LogP contribution is 2.37. The maximum atomic E-state index is 13.9. The number of ether oxygens (including phenoxy) is 2. The highest BCUT2D eigenvalue weighted by Gasteiger charge is 2.13. The third kappa shape index (κ3) is 2.73. The van der Waals surface area contributed by atoms with E-state index in [0.29, 0.717) is 30.4 Å². The Morgan fingerprint density at radius 1 is 1.05 bits per heavy atom. The monoisotopic (exact) mass is 291 g/mol. The van der Waals surface area contributed by atoms with Crippen LogP contribution in [0.25, 0.3) is 0 Å². The van der Waals surface area contributed by atoms with Gasteiger partial charge in [-0.1, -0.05) is 17.8 Å². The van der Waals surface area contributed by atoms with Crippen LogP contribution in [0.2, 0.25) is 0 Å². The van der Waals surface area contributed by atoms with E-state index in [1.807, 2.05) is 24.3 Å². The van der Waals surface area contributed by atoms with E-state index < -0.39 is 0 Å². The molecule has 1 aliphatic rings. The lowest BCUT2D eigenvalue weighted by molar-refractivity contribution is 0.171. The van der Waals surface area contributed by atoms with Gasteiger partial charge in [-0.2, -0.15) is 0 Å². The van der Waals surface area contributed by atoms with Crippen LogP contribution in [-0.2, 0) is 6.54 Å². The Morgan fingerprint density at radius 3 is 2.60 bits per heavy atom. The Morgan fingerprint density at radius 2 is 1.85 bits per heavy atom. The number of hydrogen-bond donors (Lipinski definition) is 1. The lowest BCUT2D eigenvalue weighted by Gasteiger charge is -2.18. The van der Waals surface area contributed by atoms with Crippen LogP contribution in [0.1, 0.15) is 5.56 Å². The van der Waals surface area contributed by atoms with E-state index in [-0.39, 0.29) is 5.82 Å². The number of halogens is 1. The van der Waals surface area contributed by atoms with Crippen LogP contribution in [0.4, 0.5) is 4.39 Å². The minimum atomic E-state index is -0.257. The van der Waals surface area contributed by atoms with Crippen molar-refractivity contribution in [3.05, 3.63) is 47.8 Å². The molecular formula is C15H14FNO2S. The molecular weight excluding hydrogens is 277 g/mol. The minimum Gasteiger partial charge on any atom is -0.486 e. The molecule has 0 atom stereocenters. The molecule has 2 aromatic rings. The summed E-state index contributed by atoms with van der Waals surface area (Å²) in [5.74, 6) is 1.19. The Labute approximate surface area is 120 Å². The molecule has 0 saturated carbocycles. The van der Waals surface area contributed by atoms with Crippen molar-refractivity contribution in [2.45, 2.75) is 16.3 Å². The second-order valence-electron chi connectivity index (χ2n) is 4.38. The molecule has 20 heavy (non-hydrogen) atoms. The number of rotatable bonds is 3. The summed E-state index contributed by atoms with van der Waals surface area (Å²) in [7, 11) is 0. The summed E-state index contributed by atoms with van der Waals surface area (Å²) in [6.45, 7) is 1.45. The standard InChI is InChI=1S/C15H14FNO2S/c16-12-7-10(9-17)1-4-15(12)20-11-2-3-13-14(8-11)19-6-5-18-13/h1-4,7-8H,5-6,9,17H2. The minimum absolute atomic E-state index is 0.257. The van der Waals surface area contributed by atoms with Gasteiger partial charge in [0.15, 0.2) is 11.5 Å². The Bertz CT molecular complexity index is 633. The Balaban J connectivity index is 1.84. The first kappa shape index (κ1) is 13.3. The smallest absolute Gasteiger partial charge is 0.162 e. The van der Waals surface area contributed by atoms with E-state index in [2.05, 4.69) is 0 Å². The molecule has 3 rings (SSSR count). The first-order valence-electron chi connectivity index (χ1n) is 6.32. The summed E-state index contributed by atoms with van der Waals surface area (Å²) in [6, 6.07) is 10.7. The zero-order valence-corrected chi connectivity index (χ0v) is 11.6. The van der Waals surface area contributed by atoms with Gasteiger partial charge in [0.2, 0.25) is 0 Å². The molecule has 0 aromatic heterocycles. The van der Waals surface area contributed by atoms with Gasteiger partial charge in [-0.15, -0.1) is 0 Å². The molecule has 1 heterocycles. The highest BCUT2D eigenvalue weighted by molar-refractivity contribution is 7.99. The number of nitrogens with two attached hydrogens (primary N) is 1. The van der Waals surface area contributed by atoms with Gasteiger partial charge in [-0.25, -0.2) is 4.39 Å². The highest BCUT2D eigenvalue weighted by atomic mass is 32.2. The lowest BCUT2D eigenvalue weighted by atomic mass is 10.2. The largest absolute Gasteiger partial charge is 0.486 e. The molecule has 0 saturated heterocycles. The van der Waals surface area contributed by atoms with E-state index in [9.17, 15) is 4.39 Å².